The maximum Gasteiger partial charge on any atom is 0.451 e. The smallest absolute Gasteiger partial charge is 0.427 e. The van der Waals surface area contributed by atoms with Crippen LogP contribution >= 0.6 is 11.6 Å². The molecule has 3 aromatic rings. The Bertz CT molecular complexity index is 804. The predicted molar refractivity (Wildman–Crippen MR) is 94.4 cm³/mol. The summed E-state index contributed by atoms with van der Waals surface area (Å²) in [6.45, 7) is 0.758. The topological polar surface area (TPSA) is 58.3 Å². The average Bonchev–Trinajstić information content (AvgIpc) is 2.90. The van der Waals surface area contributed by atoms with Crippen molar-refractivity contribution in [3.63, 3.8) is 0 Å². The molecule has 0 aliphatic heterocycles. The Hall–Kier alpha value is -1.82. The summed E-state index contributed by atoms with van der Waals surface area (Å²) in [5, 5.41) is 18.6. The summed E-state index contributed by atoms with van der Waals surface area (Å²) >= 11 is 6.34. The Morgan fingerprint density at radius 1 is 1.00 bits per heavy atom. The van der Waals surface area contributed by atoms with Crippen LogP contribution in [0.25, 0.3) is 22.4 Å². The highest BCUT2D eigenvalue weighted by Crippen LogP contribution is 2.30. The molecule has 6 heteroatoms. The van der Waals surface area contributed by atoms with Crippen molar-refractivity contribution in [2.45, 2.75) is 25.7 Å². The number of aromatic nitrogens is 2. The summed E-state index contributed by atoms with van der Waals surface area (Å²) in [5.41, 5.74) is 2.91. The highest BCUT2D eigenvalue weighted by Gasteiger charge is 2.14. The molecular weight excluding hydrogens is 310 g/mol. The van der Waals surface area contributed by atoms with E-state index in [0.29, 0.717) is 11.3 Å². The second-order valence-electron chi connectivity index (χ2n) is 5.53. The van der Waals surface area contributed by atoms with Gasteiger partial charge in [-0.05, 0) is 37.0 Å². The van der Waals surface area contributed by atoms with E-state index in [1.54, 1.807) is 0 Å². The minimum Gasteiger partial charge on any atom is -0.427 e. The zero-order chi connectivity index (χ0) is 16.2. The van der Waals surface area contributed by atoms with Gasteiger partial charge < -0.3 is 14.6 Å². The van der Waals surface area contributed by atoms with Crippen molar-refractivity contribution in [3.05, 3.63) is 53.6 Å². The van der Waals surface area contributed by atoms with E-state index in [9.17, 15) is 0 Å². The highest BCUT2D eigenvalue weighted by molar-refractivity contribution is 6.40. The van der Waals surface area contributed by atoms with Crippen LogP contribution in [0.3, 0.4) is 0 Å². The lowest BCUT2D eigenvalue weighted by Crippen LogP contribution is -2.10. The molecule has 1 heterocycles. The first kappa shape index (κ1) is 16.1. The molecule has 0 aliphatic carbocycles. The number of hydrogen-bond donors (Lipinski definition) is 2. The zero-order valence-corrected chi connectivity index (χ0v) is 13.4. The fourth-order valence-electron chi connectivity index (χ4n) is 2.75. The molecule has 118 valence electrons. The summed E-state index contributed by atoms with van der Waals surface area (Å²) in [6.07, 6.45) is 1.97. The molecule has 0 saturated heterocycles. The van der Waals surface area contributed by atoms with E-state index in [2.05, 4.69) is 4.57 Å². The number of benzene rings is 2. The van der Waals surface area contributed by atoms with Crippen LogP contribution in [0.5, 0.6) is 0 Å². The molecule has 1 aromatic heterocycles. The molecule has 0 saturated carbocycles. The molecule has 0 bridgehead atoms. The number of hydrogen-bond acceptors (Lipinski definition) is 3. The third-order valence-electron chi connectivity index (χ3n) is 3.86. The summed E-state index contributed by atoms with van der Waals surface area (Å²) in [4.78, 5) is 4.74. The van der Waals surface area contributed by atoms with Crippen LogP contribution in [-0.4, -0.2) is 26.7 Å². The monoisotopic (exact) mass is 328 g/mol. The van der Waals surface area contributed by atoms with Gasteiger partial charge in [0.25, 0.3) is 0 Å². The van der Waals surface area contributed by atoms with Crippen molar-refractivity contribution in [2.75, 3.05) is 0 Å². The fraction of sp³-hybridized carbons (Fsp3) is 0.235. The Morgan fingerprint density at radius 2 is 1.74 bits per heavy atom. The molecule has 2 N–H and O–H groups in total. The Morgan fingerprint density at radius 3 is 2.52 bits per heavy atom. The lowest BCUT2D eigenvalue weighted by atomic mass is 9.84. The van der Waals surface area contributed by atoms with Crippen molar-refractivity contribution in [1.29, 1.82) is 0 Å². The Balaban J connectivity index is 1.97. The van der Waals surface area contributed by atoms with Crippen LogP contribution in [0.15, 0.2) is 48.5 Å². The SMILES string of the molecule is OB(O)CCCCn1c(-c2ccccc2Cl)nc2ccccc21. The molecule has 0 fully saturated rings. The van der Waals surface area contributed by atoms with Crippen LogP contribution in [0.2, 0.25) is 11.3 Å². The Kier molecular flexibility index (Phi) is 5.01. The number of unbranched alkanes of at least 4 members (excludes halogenated alkanes) is 1. The first-order chi connectivity index (χ1) is 11.2. The maximum absolute atomic E-state index is 8.97. The molecule has 0 aliphatic rings. The normalized spacial score (nSPS) is 11.1. The highest BCUT2D eigenvalue weighted by atomic mass is 35.5. The number of imidazole rings is 1. The van der Waals surface area contributed by atoms with E-state index >= 15 is 0 Å². The summed E-state index contributed by atoms with van der Waals surface area (Å²) < 4.78 is 2.15. The van der Waals surface area contributed by atoms with Gasteiger partial charge in [-0.15, -0.1) is 0 Å². The van der Waals surface area contributed by atoms with E-state index in [4.69, 9.17) is 26.6 Å². The standard InChI is InChI=1S/C17H18BClN2O2/c19-14-8-2-1-7-13(14)17-20-15-9-3-4-10-16(15)21(17)12-6-5-11-18(22)23/h1-4,7-10,22-23H,5-6,11-12H2. The number of rotatable bonds is 6. The van der Waals surface area contributed by atoms with Gasteiger partial charge in [-0.3, -0.25) is 0 Å². The molecular formula is C17H18BClN2O2. The molecule has 3 rings (SSSR count). The molecule has 0 spiro atoms. The van der Waals surface area contributed by atoms with Crippen molar-refractivity contribution >= 4 is 29.8 Å². The predicted octanol–water partition coefficient (Wildman–Crippen LogP) is 3.61. The van der Waals surface area contributed by atoms with Gasteiger partial charge in [-0.25, -0.2) is 4.98 Å². The quantitative estimate of drug-likeness (QED) is 0.537. The zero-order valence-electron chi connectivity index (χ0n) is 12.7. The van der Waals surface area contributed by atoms with E-state index in [-0.39, 0.29) is 0 Å². The van der Waals surface area contributed by atoms with E-state index < -0.39 is 7.12 Å². The van der Waals surface area contributed by atoms with Crippen molar-refractivity contribution in [1.82, 2.24) is 9.55 Å². The first-order valence-electron chi connectivity index (χ1n) is 7.73. The first-order valence-corrected chi connectivity index (χ1v) is 8.11. The minimum absolute atomic E-state index is 0.383. The number of aryl methyl sites for hydroxylation is 1. The summed E-state index contributed by atoms with van der Waals surface area (Å²) in [5.74, 6) is 0.848. The van der Waals surface area contributed by atoms with Gasteiger partial charge >= 0.3 is 7.12 Å². The second-order valence-corrected chi connectivity index (χ2v) is 5.94. The van der Waals surface area contributed by atoms with Gasteiger partial charge in [0.2, 0.25) is 0 Å². The van der Waals surface area contributed by atoms with E-state index in [1.807, 2.05) is 48.5 Å². The van der Waals surface area contributed by atoms with Gasteiger partial charge in [-0.1, -0.05) is 42.3 Å². The van der Waals surface area contributed by atoms with Crippen LogP contribution < -0.4 is 0 Å². The second kappa shape index (κ2) is 7.17. The number of halogens is 1. The molecule has 2 aromatic carbocycles. The molecule has 0 atom stereocenters. The van der Waals surface area contributed by atoms with Crippen molar-refractivity contribution < 1.29 is 10.0 Å². The third kappa shape index (κ3) is 3.58. The molecule has 0 radical (unpaired) electrons. The van der Waals surface area contributed by atoms with Crippen LogP contribution in [0.4, 0.5) is 0 Å². The number of para-hydroxylation sites is 2. The largest absolute Gasteiger partial charge is 0.451 e. The van der Waals surface area contributed by atoms with Gasteiger partial charge in [0.15, 0.2) is 0 Å². The van der Waals surface area contributed by atoms with Crippen LogP contribution in [0.1, 0.15) is 12.8 Å². The molecule has 23 heavy (non-hydrogen) atoms. The molecule has 0 unspecified atom stereocenters. The van der Waals surface area contributed by atoms with E-state index in [1.165, 1.54) is 0 Å². The average molecular weight is 329 g/mol. The third-order valence-corrected chi connectivity index (χ3v) is 4.19. The van der Waals surface area contributed by atoms with E-state index in [0.717, 1.165) is 41.8 Å². The van der Waals surface area contributed by atoms with Crippen LogP contribution in [-0.2, 0) is 6.54 Å². The van der Waals surface area contributed by atoms with Crippen molar-refractivity contribution in [3.8, 4) is 11.4 Å². The fourth-order valence-corrected chi connectivity index (χ4v) is 2.97. The van der Waals surface area contributed by atoms with Crippen molar-refractivity contribution in [2.24, 2.45) is 0 Å². The molecule has 4 nitrogen and oxygen atoms in total. The van der Waals surface area contributed by atoms with Crippen LogP contribution in [0, 0.1) is 0 Å². The Labute approximate surface area is 140 Å². The molecule has 0 amide bonds. The number of nitrogens with zero attached hydrogens (tertiary/aromatic N) is 2. The van der Waals surface area contributed by atoms with Gasteiger partial charge in [-0.2, -0.15) is 0 Å². The van der Waals surface area contributed by atoms with Gasteiger partial charge in [0.1, 0.15) is 5.82 Å². The van der Waals surface area contributed by atoms with Gasteiger partial charge in [0.05, 0.1) is 16.1 Å². The number of fused-ring (bicyclic) bond motifs is 1. The van der Waals surface area contributed by atoms with Gasteiger partial charge in [0, 0.05) is 12.1 Å². The minimum atomic E-state index is -1.24. The maximum atomic E-state index is 8.97. The lowest BCUT2D eigenvalue weighted by molar-refractivity contribution is 0.401. The summed E-state index contributed by atoms with van der Waals surface area (Å²) in [7, 11) is -1.24. The lowest BCUT2D eigenvalue weighted by Gasteiger charge is -2.10. The summed E-state index contributed by atoms with van der Waals surface area (Å²) in [6, 6.07) is 15.7.